The van der Waals surface area contributed by atoms with Gasteiger partial charge in [-0.1, -0.05) is 20.8 Å². The third kappa shape index (κ3) is 2.99. The molecule has 102 valence electrons. The van der Waals surface area contributed by atoms with Gasteiger partial charge in [-0.25, -0.2) is 4.98 Å². The molecular weight excluding hydrogens is 248 g/mol. The Kier molecular flexibility index (Phi) is 3.89. The van der Waals surface area contributed by atoms with Gasteiger partial charge in [0.05, 0.1) is 12.2 Å². The highest BCUT2D eigenvalue weighted by Gasteiger charge is 2.28. The fraction of sp³-hybridized carbons (Fsp3) is 0.833. The van der Waals surface area contributed by atoms with Crippen molar-refractivity contribution in [1.82, 2.24) is 9.36 Å². The summed E-state index contributed by atoms with van der Waals surface area (Å²) < 4.78 is 10.2. The maximum atomic E-state index is 5.75. The maximum absolute atomic E-state index is 5.75. The lowest BCUT2D eigenvalue weighted by Gasteiger charge is -2.35. The fourth-order valence-corrected chi connectivity index (χ4v) is 2.85. The monoisotopic (exact) mass is 270 g/mol. The summed E-state index contributed by atoms with van der Waals surface area (Å²) in [6.07, 6.45) is 0.282. The van der Waals surface area contributed by atoms with Gasteiger partial charge in [0, 0.05) is 36.6 Å². The minimum atomic E-state index is -0.0000777. The highest BCUT2D eigenvalue weighted by molar-refractivity contribution is 7.09. The Morgan fingerprint density at radius 1 is 1.44 bits per heavy atom. The topological polar surface area (TPSA) is 64.3 Å². The Morgan fingerprint density at radius 3 is 2.72 bits per heavy atom. The zero-order valence-corrected chi connectivity index (χ0v) is 12.3. The van der Waals surface area contributed by atoms with E-state index in [1.165, 1.54) is 11.5 Å². The lowest BCUT2D eigenvalue weighted by Crippen LogP contribution is -2.49. The number of morpholine rings is 1. The maximum Gasteiger partial charge on any atom is 0.205 e. The van der Waals surface area contributed by atoms with Crippen molar-refractivity contribution >= 4 is 16.7 Å². The Labute approximate surface area is 113 Å². The number of anilines is 1. The number of nitrogens with zero attached hydrogens (tertiary/aromatic N) is 3. The molecule has 1 aliphatic heterocycles. The predicted octanol–water partition coefficient (Wildman–Crippen LogP) is 1.39. The van der Waals surface area contributed by atoms with Crippen LogP contribution in [-0.4, -0.2) is 41.2 Å². The van der Waals surface area contributed by atoms with Gasteiger partial charge >= 0.3 is 0 Å². The van der Waals surface area contributed by atoms with Crippen LogP contribution in [0.15, 0.2) is 0 Å². The molecule has 5 nitrogen and oxygen atoms in total. The largest absolute Gasteiger partial charge is 0.370 e. The molecule has 1 saturated heterocycles. The molecule has 2 atom stereocenters. The second-order valence-corrected chi connectivity index (χ2v) is 6.59. The first kappa shape index (κ1) is 13.7. The number of ether oxygens (including phenoxy) is 1. The summed E-state index contributed by atoms with van der Waals surface area (Å²) in [6.45, 7) is 10.7. The summed E-state index contributed by atoms with van der Waals surface area (Å²) in [5, 5.41) is 0.980. The molecule has 0 amide bonds. The summed E-state index contributed by atoms with van der Waals surface area (Å²) in [5.74, 6) is 0.908. The van der Waals surface area contributed by atoms with Crippen molar-refractivity contribution in [3.63, 3.8) is 0 Å². The molecule has 0 saturated carbocycles. The predicted molar refractivity (Wildman–Crippen MR) is 74.2 cm³/mol. The summed E-state index contributed by atoms with van der Waals surface area (Å²) in [6, 6.07) is 0. The Hall–Kier alpha value is -0.720. The van der Waals surface area contributed by atoms with E-state index in [1.807, 2.05) is 0 Å². The smallest absolute Gasteiger partial charge is 0.205 e. The third-order valence-corrected chi connectivity index (χ3v) is 3.72. The zero-order valence-electron chi connectivity index (χ0n) is 11.5. The van der Waals surface area contributed by atoms with Gasteiger partial charge in [-0.2, -0.15) is 4.37 Å². The third-order valence-electron chi connectivity index (χ3n) is 2.95. The van der Waals surface area contributed by atoms with Crippen LogP contribution in [0.3, 0.4) is 0 Å². The normalized spacial score (nSPS) is 25.5. The number of aromatic nitrogens is 2. The van der Waals surface area contributed by atoms with E-state index in [2.05, 4.69) is 42.0 Å². The first-order valence-electron chi connectivity index (χ1n) is 6.35. The van der Waals surface area contributed by atoms with Crippen LogP contribution in [0.25, 0.3) is 0 Å². The molecule has 0 aliphatic carbocycles. The van der Waals surface area contributed by atoms with Gasteiger partial charge in [0.15, 0.2) is 0 Å². The van der Waals surface area contributed by atoms with Gasteiger partial charge in [-0.15, -0.1) is 0 Å². The number of hydrogen-bond acceptors (Lipinski definition) is 6. The van der Waals surface area contributed by atoms with Crippen LogP contribution in [0.4, 0.5) is 5.13 Å². The first-order valence-corrected chi connectivity index (χ1v) is 7.12. The van der Waals surface area contributed by atoms with Gasteiger partial charge in [-0.05, 0) is 6.92 Å². The van der Waals surface area contributed by atoms with Crippen LogP contribution < -0.4 is 10.6 Å². The Bertz CT molecular complexity index is 401. The van der Waals surface area contributed by atoms with Crippen molar-refractivity contribution in [2.45, 2.75) is 45.3 Å². The molecule has 0 spiro atoms. The molecule has 1 aromatic heterocycles. The molecule has 1 fully saturated rings. The molecule has 0 radical (unpaired) electrons. The van der Waals surface area contributed by atoms with Crippen molar-refractivity contribution in [3.8, 4) is 0 Å². The lowest BCUT2D eigenvalue weighted by atomic mass is 9.96. The van der Waals surface area contributed by atoms with Crippen molar-refractivity contribution in [2.24, 2.45) is 5.73 Å². The van der Waals surface area contributed by atoms with Gasteiger partial charge in [0.2, 0.25) is 5.13 Å². The van der Waals surface area contributed by atoms with Crippen LogP contribution in [0.5, 0.6) is 0 Å². The quantitative estimate of drug-likeness (QED) is 0.880. The Morgan fingerprint density at radius 2 is 2.17 bits per heavy atom. The lowest BCUT2D eigenvalue weighted by molar-refractivity contribution is -0.0104. The fourth-order valence-electron chi connectivity index (χ4n) is 1.98. The average molecular weight is 270 g/mol. The molecule has 2 rings (SSSR count). The number of rotatable bonds is 2. The average Bonchev–Trinajstić information content (AvgIpc) is 2.77. The molecular formula is C12H22N4OS. The van der Waals surface area contributed by atoms with Crippen molar-refractivity contribution < 1.29 is 4.74 Å². The molecule has 2 heterocycles. The molecule has 1 aliphatic rings. The minimum Gasteiger partial charge on any atom is -0.370 e. The van der Waals surface area contributed by atoms with Crippen LogP contribution in [0, 0.1) is 0 Å². The van der Waals surface area contributed by atoms with E-state index in [0.29, 0.717) is 6.54 Å². The van der Waals surface area contributed by atoms with Crippen LogP contribution in [0.1, 0.15) is 33.5 Å². The SMILES string of the molecule is CC1CN(c2nc(C(C)(C)C)ns2)CC(CN)O1. The van der Waals surface area contributed by atoms with Gasteiger partial charge in [0.1, 0.15) is 5.82 Å². The van der Waals surface area contributed by atoms with E-state index < -0.39 is 0 Å². The molecule has 2 unspecified atom stereocenters. The molecule has 0 bridgehead atoms. The van der Waals surface area contributed by atoms with Gasteiger partial charge < -0.3 is 15.4 Å². The number of nitrogens with two attached hydrogens (primary N) is 1. The molecule has 18 heavy (non-hydrogen) atoms. The van der Waals surface area contributed by atoms with Gasteiger partial charge in [0.25, 0.3) is 0 Å². The van der Waals surface area contributed by atoms with Crippen molar-refractivity contribution in [2.75, 3.05) is 24.5 Å². The highest BCUT2D eigenvalue weighted by Crippen LogP contribution is 2.27. The standard InChI is InChI=1S/C12H22N4OS/c1-8-6-16(7-9(5-13)17-8)11-14-10(15-18-11)12(2,3)4/h8-9H,5-7,13H2,1-4H3. The van der Waals surface area contributed by atoms with E-state index in [0.717, 1.165) is 24.0 Å². The summed E-state index contributed by atoms with van der Waals surface area (Å²) in [5.41, 5.74) is 5.70. The first-order chi connectivity index (χ1) is 8.40. The summed E-state index contributed by atoms with van der Waals surface area (Å²) >= 11 is 1.47. The second kappa shape index (κ2) is 5.11. The van der Waals surface area contributed by atoms with Gasteiger partial charge in [-0.3, -0.25) is 0 Å². The molecule has 0 aromatic carbocycles. The minimum absolute atomic E-state index is 0.0000777. The van der Waals surface area contributed by atoms with Crippen LogP contribution in [0.2, 0.25) is 0 Å². The van der Waals surface area contributed by atoms with Crippen LogP contribution >= 0.6 is 11.5 Å². The second-order valence-electron chi connectivity index (χ2n) is 5.86. The summed E-state index contributed by atoms with van der Waals surface area (Å²) in [7, 11) is 0. The zero-order chi connectivity index (χ0) is 13.3. The van der Waals surface area contributed by atoms with E-state index in [1.54, 1.807) is 0 Å². The van der Waals surface area contributed by atoms with Crippen LogP contribution in [-0.2, 0) is 10.2 Å². The van der Waals surface area contributed by atoms with Crippen molar-refractivity contribution in [3.05, 3.63) is 5.82 Å². The van der Waals surface area contributed by atoms with E-state index in [-0.39, 0.29) is 17.6 Å². The van der Waals surface area contributed by atoms with E-state index in [4.69, 9.17) is 10.5 Å². The van der Waals surface area contributed by atoms with E-state index in [9.17, 15) is 0 Å². The molecule has 6 heteroatoms. The highest BCUT2D eigenvalue weighted by atomic mass is 32.1. The molecule has 2 N–H and O–H groups in total. The van der Waals surface area contributed by atoms with E-state index >= 15 is 0 Å². The molecule has 1 aromatic rings. The number of hydrogen-bond donors (Lipinski definition) is 1. The summed E-state index contributed by atoms with van der Waals surface area (Å²) in [4.78, 5) is 6.88. The Balaban J connectivity index is 2.13. The van der Waals surface area contributed by atoms with Crippen molar-refractivity contribution in [1.29, 1.82) is 0 Å².